The summed E-state index contributed by atoms with van der Waals surface area (Å²) in [4.78, 5) is 70.5. The number of nitrogens with zero attached hydrogens (tertiary/aromatic N) is 3. The third kappa shape index (κ3) is 5.88. The highest BCUT2D eigenvalue weighted by Gasteiger charge is 2.48. The Morgan fingerprint density at radius 3 is 2.27 bits per heavy atom. The highest BCUT2D eigenvalue weighted by Crippen LogP contribution is 2.43. The number of piperazine rings is 1. The second-order valence-electron chi connectivity index (χ2n) is 10.3. The van der Waals surface area contributed by atoms with E-state index >= 15 is 0 Å². The SMILES string of the molecule is CCOC(=O)N1CCN(C(=O)C(CCC(=O)O)c2nc3c(C)cccc3c(OC3(C(=O)O)CCC3)c2C(N)=O)CC1. The fourth-order valence-electron chi connectivity index (χ4n) is 5.26. The molecule has 1 aromatic carbocycles. The quantitative estimate of drug-likeness (QED) is 0.382. The highest BCUT2D eigenvalue weighted by atomic mass is 16.6. The molecule has 0 bridgehead atoms. The van der Waals surface area contributed by atoms with Gasteiger partial charge in [0.1, 0.15) is 11.3 Å². The van der Waals surface area contributed by atoms with Crippen LogP contribution in [0.4, 0.5) is 4.79 Å². The Morgan fingerprint density at radius 1 is 1.07 bits per heavy atom. The first-order valence-electron chi connectivity index (χ1n) is 13.6. The van der Waals surface area contributed by atoms with Gasteiger partial charge in [0.15, 0.2) is 0 Å². The zero-order valence-electron chi connectivity index (χ0n) is 23.1. The summed E-state index contributed by atoms with van der Waals surface area (Å²) in [6.07, 6.45) is -0.0321. The van der Waals surface area contributed by atoms with E-state index in [-0.39, 0.29) is 69.1 Å². The minimum Gasteiger partial charge on any atom is -0.481 e. The zero-order valence-corrected chi connectivity index (χ0v) is 23.1. The van der Waals surface area contributed by atoms with Gasteiger partial charge in [-0.15, -0.1) is 0 Å². The van der Waals surface area contributed by atoms with E-state index in [0.717, 1.165) is 0 Å². The fraction of sp³-hybridized carbons (Fsp3) is 0.500. The first kappa shape index (κ1) is 29.6. The van der Waals surface area contributed by atoms with Crippen molar-refractivity contribution in [2.24, 2.45) is 5.73 Å². The maximum Gasteiger partial charge on any atom is 0.409 e. The fourth-order valence-corrected chi connectivity index (χ4v) is 5.26. The first-order valence-corrected chi connectivity index (χ1v) is 13.6. The number of carbonyl (C=O) groups is 5. The van der Waals surface area contributed by atoms with Gasteiger partial charge in [-0.05, 0) is 51.2 Å². The summed E-state index contributed by atoms with van der Waals surface area (Å²) in [5.41, 5.74) is 5.03. The predicted octanol–water partition coefficient (Wildman–Crippen LogP) is 2.28. The van der Waals surface area contributed by atoms with Crippen molar-refractivity contribution in [3.8, 4) is 5.75 Å². The van der Waals surface area contributed by atoms with Crippen molar-refractivity contribution >= 4 is 40.7 Å². The van der Waals surface area contributed by atoms with Crippen molar-refractivity contribution in [1.82, 2.24) is 14.8 Å². The lowest BCUT2D eigenvalue weighted by Gasteiger charge is -2.39. The first-order chi connectivity index (χ1) is 19.5. The number of benzene rings is 1. The minimum absolute atomic E-state index is 0.0618. The third-order valence-electron chi connectivity index (χ3n) is 7.69. The van der Waals surface area contributed by atoms with E-state index in [9.17, 15) is 34.2 Å². The van der Waals surface area contributed by atoms with Crippen molar-refractivity contribution in [3.63, 3.8) is 0 Å². The highest BCUT2D eigenvalue weighted by molar-refractivity contribution is 6.05. The number of aromatic nitrogens is 1. The third-order valence-corrected chi connectivity index (χ3v) is 7.69. The van der Waals surface area contributed by atoms with E-state index in [2.05, 4.69) is 4.98 Å². The molecule has 1 saturated carbocycles. The summed E-state index contributed by atoms with van der Waals surface area (Å²) in [7, 11) is 0. The van der Waals surface area contributed by atoms with Gasteiger partial charge >= 0.3 is 18.0 Å². The lowest BCUT2D eigenvalue weighted by molar-refractivity contribution is -0.163. The Kier molecular flexibility index (Phi) is 8.64. The number of ether oxygens (including phenoxy) is 2. The van der Waals surface area contributed by atoms with Crippen LogP contribution in [0.2, 0.25) is 0 Å². The summed E-state index contributed by atoms with van der Waals surface area (Å²) in [5, 5.41) is 19.8. The topological polar surface area (TPSA) is 190 Å². The van der Waals surface area contributed by atoms with Crippen molar-refractivity contribution in [2.45, 2.75) is 57.5 Å². The molecule has 0 radical (unpaired) electrons. The number of hydrogen-bond donors (Lipinski definition) is 3. The Bertz CT molecular complexity index is 1380. The van der Waals surface area contributed by atoms with E-state index in [1.807, 2.05) is 0 Å². The number of carboxylic acid groups (broad SMARTS) is 2. The number of carbonyl (C=O) groups excluding carboxylic acids is 3. The van der Waals surface area contributed by atoms with Crippen LogP contribution in [0.5, 0.6) is 5.75 Å². The number of nitrogens with two attached hydrogens (primary N) is 1. The summed E-state index contributed by atoms with van der Waals surface area (Å²) >= 11 is 0. The number of hydrogen-bond acceptors (Lipinski definition) is 8. The average Bonchev–Trinajstić information content (AvgIpc) is 2.90. The number of primary amides is 1. The van der Waals surface area contributed by atoms with Crippen molar-refractivity contribution < 1.29 is 43.7 Å². The van der Waals surface area contributed by atoms with E-state index in [1.165, 1.54) is 9.80 Å². The predicted molar refractivity (Wildman–Crippen MR) is 145 cm³/mol. The van der Waals surface area contributed by atoms with E-state index in [0.29, 0.717) is 22.9 Å². The van der Waals surface area contributed by atoms with E-state index in [1.54, 1.807) is 32.0 Å². The van der Waals surface area contributed by atoms with Gasteiger partial charge in [-0.2, -0.15) is 0 Å². The average molecular weight is 571 g/mol. The number of pyridine rings is 1. The molecule has 41 heavy (non-hydrogen) atoms. The minimum atomic E-state index is -1.57. The van der Waals surface area contributed by atoms with Crippen LogP contribution in [0.1, 0.15) is 66.6 Å². The van der Waals surface area contributed by atoms with Crippen molar-refractivity contribution in [1.29, 1.82) is 0 Å². The number of rotatable bonds is 10. The van der Waals surface area contributed by atoms with Crippen LogP contribution < -0.4 is 10.5 Å². The van der Waals surface area contributed by atoms with Crippen LogP contribution >= 0.6 is 0 Å². The molecule has 1 unspecified atom stereocenters. The molecule has 1 saturated heterocycles. The van der Waals surface area contributed by atoms with Crippen molar-refractivity contribution in [3.05, 3.63) is 35.0 Å². The van der Waals surface area contributed by atoms with Gasteiger partial charge in [0, 0.05) is 38.0 Å². The zero-order chi connectivity index (χ0) is 29.9. The van der Waals surface area contributed by atoms with Crippen LogP contribution in [0.3, 0.4) is 0 Å². The Hall–Kier alpha value is -4.42. The van der Waals surface area contributed by atoms with Gasteiger partial charge in [0.05, 0.1) is 23.7 Å². The van der Waals surface area contributed by atoms with Gasteiger partial charge in [0.25, 0.3) is 5.91 Å². The standard InChI is InChI=1S/C28H34N4O9/c1-3-40-27(39)32-14-12-31(13-15-32)25(36)18(8-9-19(33)34)22-20(24(29)35)23(41-28(26(37)38)10-5-11-28)17-7-4-6-16(2)21(17)30-22/h4,6-7,18H,3,5,8-15H2,1-2H3,(H2,29,35)(H,33,34)(H,37,38). The molecule has 2 aromatic rings. The second kappa shape index (κ2) is 12.0. The summed E-state index contributed by atoms with van der Waals surface area (Å²) in [6, 6.07) is 5.12. The number of amides is 3. The molecule has 2 fully saturated rings. The summed E-state index contributed by atoms with van der Waals surface area (Å²) < 4.78 is 11.2. The molecule has 2 aliphatic rings. The van der Waals surface area contributed by atoms with Crippen LogP contribution in [0, 0.1) is 6.92 Å². The molecule has 1 atom stereocenters. The molecular formula is C28H34N4O9. The molecule has 220 valence electrons. The van der Waals surface area contributed by atoms with Crippen LogP contribution in [-0.2, 0) is 19.1 Å². The van der Waals surface area contributed by atoms with Crippen LogP contribution in [0.25, 0.3) is 10.9 Å². The molecule has 0 spiro atoms. The molecule has 3 amide bonds. The molecule has 13 nitrogen and oxygen atoms in total. The van der Waals surface area contributed by atoms with Gasteiger partial charge in [-0.3, -0.25) is 19.4 Å². The normalized spacial score (nSPS) is 16.9. The van der Waals surface area contributed by atoms with Crippen LogP contribution in [-0.4, -0.2) is 93.2 Å². The van der Waals surface area contributed by atoms with E-state index in [4.69, 9.17) is 15.2 Å². The maximum absolute atomic E-state index is 14.0. The number of aryl methyl sites for hydroxylation is 1. The Labute approximate surface area is 236 Å². The number of aliphatic carboxylic acids is 2. The number of para-hydroxylation sites is 1. The van der Waals surface area contributed by atoms with Crippen LogP contribution in [0.15, 0.2) is 18.2 Å². The Morgan fingerprint density at radius 2 is 1.73 bits per heavy atom. The van der Waals surface area contributed by atoms with Gasteiger partial charge in [-0.1, -0.05) is 12.1 Å². The maximum atomic E-state index is 14.0. The van der Waals surface area contributed by atoms with Crippen molar-refractivity contribution in [2.75, 3.05) is 32.8 Å². The van der Waals surface area contributed by atoms with E-state index < -0.39 is 47.8 Å². The molecule has 1 aliphatic heterocycles. The Balaban J connectivity index is 1.82. The smallest absolute Gasteiger partial charge is 0.409 e. The molecule has 4 N–H and O–H groups in total. The van der Waals surface area contributed by atoms with Gasteiger partial charge < -0.3 is 35.2 Å². The van der Waals surface area contributed by atoms with Gasteiger partial charge in [0.2, 0.25) is 11.5 Å². The summed E-state index contributed by atoms with van der Waals surface area (Å²) in [5.74, 6) is -5.08. The monoisotopic (exact) mass is 570 g/mol. The summed E-state index contributed by atoms with van der Waals surface area (Å²) in [6.45, 7) is 4.41. The lowest BCUT2D eigenvalue weighted by Crippen LogP contribution is -2.52. The molecule has 4 rings (SSSR count). The lowest BCUT2D eigenvalue weighted by atomic mass is 9.80. The largest absolute Gasteiger partial charge is 0.481 e. The number of carboxylic acids is 2. The molecule has 13 heteroatoms. The second-order valence-corrected chi connectivity index (χ2v) is 10.3. The molecule has 1 aliphatic carbocycles. The van der Waals surface area contributed by atoms with Gasteiger partial charge in [-0.25, -0.2) is 9.59 Å². The molecule has 1 aromatic heterocycles. The molecule has 2 heterocycles. The number of fused-ring (bicyclic) bond motifs is 1. The molecular weight excluding hydrogens is 536 g/mol.